The van der Waals surface area contributed by atoms with Crippen molar-refractivity contribution in [3.05, 3.63) is 54.6 Å². The molecule has 1 aromatic carbocycles. The Morgan fingerprint density at radius 3 is 2.84 bits per heavy atom. The maximum atomic E-state index is 4.52. The third-order valence-corrected chi connectivity index (χ3v) is 5.27. The lowest BCUT2D eigenvalue weighted by Crippen LogP contribution is -2.49. The molecule has 2 aromatic rings. The lowest BCUT2D eigenvalue weighted by atomic mass is 9.93. The maximum absolute atomic E-state index is 4.52. The quantitative estimate of drug-likeness (QED) is 0.687. The van der Waals surface area contributed by atoms with Crippen molar-refractivity contribution >= 4 is 5.96 Å². The van der Waals surface area contributed by atoms with Crippen molar-refractivity contribution in [1.29, 1.82) is 0 Å². The zero-order valence-electron chi connectivity index (χ0n) is 15.5. The van der Waals surface area contributed by atoms with Crippen LogP contribution < -0.4 is 5.32 Å². The Kier molecular flexibility index (Phi) is 5.74. The Morgan fingerprint density at radius 1 is 1.36 bits per heavy atom. The molecule has 0 amide bonds. The number of aromatic nitrogens is 2. The SMILES string of the molecule is CN=C(NCC(C)c1ccccc1)N1CCC(C)C(n2ccnc2)C1. The summed E-state index contributed by atoms with van der Waals surface area (Å²) in [5.41, 5.74) is 1.36. The number of benzene rings is 1. The van der Waals surface area contributed by atoms with E-state index in [4.69, 9.17) is 0 Å². The van der Waals surface area contributed by atoms with Crippen molar-refractivity contribution in [2.75, 3.05) is 26.7 Å². The second-order valence-electron chi connectivity index (χ2n) is 7.03. The smallest absolute Gasteiger partial charge is 0.193 e. The highest BCUT2D eigenvalue weighted by Crippen LogP contribution is 2.27. The van der Waals surface area contributed by atoms with Crippen LogP contribution in [0.5, 0.6) is 0 Å². The van der Waals surface area contributed by atoms with Crippen LogP contribution in [0.15, 0.2) is 54.0 Å². The summed E-state index contributed by atoms with van der Waals surface area (Å²) in [6, 6.07) is 11.1. The van der Waals surface area contributed by atoms with E-state index >= 15 is 0 Å². The molecule has 134 valence electrons. The highest BCUT2D eigenvalue weighted by atomic mass is 15.3. The highest BCUT2D eigenvalue weighted by molar-refractivity contribution is 5.80. The summed E-state index contributed by atoms with van der Waals surface area (Å²) >= 11 is 0. The molecule has 0 aliphatic carbocycles. The van der Waals surface area contributed by atoms with Gasteiger partial charge in [0.15, 0.2) is 5.96 Å². The third-order valence-electron chi connectivity index (χ3n) is 5.27. The largest absolute Gasteiger partial charge is 0.356 e. The van der Waals surface area contributed by atoms with Crippen LogP contribution in [0.2, 0.25) is 0 Å². The van der Waals surface area contributed by atoms with E-state index in [2.05, 4.69) is 75.1 Å². The van der Waals surface area contributed by atoms with E-state index in [1.807, 2.05) is 19.6 Å². The van der Waals surface area contributed by atoms with Crippen molar-refractivity contribution in [3.8, 4) is 0 Å². The number of imidazole rings is 1. The summed E-state index contributed by atoms with van der Waals surface area (Å²) in [6.45, 7) is 7.49. The molecule has 5 heteroatoms. The molecule has 0 saturated carbocycles. The molecular formula is C20H29N5. The maximum Gasteiger partial charge on any atom is 0.193 e. The van der Waals surface area contributed by atoms with Crippen molar-refractivity contribution in [2.45, 2.75) is 32.2 Å². The van der Waals surface area contributed by atoms with Crippen molar-refractivity contribution < 1.29 is 0 Å². The number of likely N-dealkylation sites (tertiary alicyclic amines) is 1. The van der Waals surface area contributed by atoms with Crippen molar-refractivity contribution in [1.82, 2.24) is 19.8 Å². The molecule has 1 aliphatic rings. The number of nitrogens with one attached hydrogen (secondary N) is 1. The van der Waals surface area contributed by atoms with Gasteiger partial charge in [-0.3, -0.25) is 4.99 Å². The van der Waals surface area contributed by atoms with E-state index in [9.17, 15) is 0 Å². The molecule has 25 heavy (non-hydrogen) atoms. The first-order chi connectivity index (χ1) is 12.2. The molecule has 1 aliphatic heterocycles. The first-order valence-corrected chi connectivity index (χ1v) is 9.17. The second kappa shape index (κ2) is 8.19. The van der Waals surface area contributed by atoms with E-state index in [1.165, 1.54) is 5.56 Å². The molecule has 0 bridgehead atoms. The van der Waals surface area contributed by atoms with Gasteiger partial charge in [-0.05, 0) is 23.8 Å². The number of nitrogens with zero attached hydrogens (tertiary/aromatic N) is 4. The Morgan fingerprint density at radius 2 is 2.16 bits per heavy atom. The zero-order valence-corrected chi connectivity index (χ0v) is 15.5. The topological polar surface area (TPSA) is 45.5 Å². The molecule has 5 nitrogen and oxygen atoms in total. The first-order valence-electron chi connectivity index (χ1n) is 9.17. The summed E-state index contributed by atoms with van der Waals surface area (Å²) in [6.07, 6.45) is 7.02. The van der Waals surface area contributed by atoms with Crippen LogP contribution in [0.3, 0.4) is 0 Å². The Labute approximate surface area is 150 Å². The van der Waals surface area contributed by atoms with Gasteiger partial charge in [0.2, 0.25) is 0 Å². The van der Waals surface area contributed by atoms with E-state index < -0.39 is 0 Å². The van der Waals surface area contributed by atoms with Crippen molar-refractivity contribution in [2.24, 2.45) is 10.9 Å². The van der Waals surface area contributed by atoms with E-state index in [0.717, 1.165) is 32.0 Å². The molecule has 1 aromatic heterocycles. The molecule has 1 fully saturated rings. The summed E-state index contributed by atoms with van der Waals surface area (Å²) in [4.78, 5) is 11.1. The van der Waals surface area contributed by atoms with Crippen LogP contribution >= 0.6 is 0 Å². The number of hydrogen-bond acceptors (Lipinski definition) is 2. The zero-order chi connectivity index (χ0) is 17.6. The average Bonchev–Trinajstić information content (AvgIpc) is 3.18. The van der Waals surface area contributed by atoms with Crippen LogP contribution in [-0.4, -0.2) is 47.1 Å². The van der Waals surface area contributed by atoms with Crippen LogP contribution in [-0.2, 0) is 0 Å². The monoisotopic (exact) mass is 339 g/mol. The van der Waals surface area contributed by atoms with Gasteiger partial charge in [-0.25, -0.2) is 4.98 Å². The van der Waals surface area contributed by atoms with Crippen molar-refractivity contribution in [3.63, 3.8) is 0 Å². The number of piperidine rings is 1. The van der Waals surface area contributed by atoms with E-state index in [-0.39, 0.29) is 0 Å². The number of guanidine groups is 1. The Balaban J connectivity index is 1.61. The Bertz CT molecular complexity index is 665. The number of aliphatic imine (C=N–C) groups is 1. The van der Waals surface area contributed by atoms with Gasteiger partial charge in [-0.15, -0.1) is 0 Å². The van der Waals surface area contributed by atoms with Gasteiger partial charge >= 0.3 is 0 Å². The van der Waals surface area contributed by atoms with Crippen LogP contribution in [0, 0.1) is 5.92 Å². The minimum absolute atomic E-state index is 0.446. The molecular weight excluding hydrogens is 310 g/mol. The van der Waals surface area contributed by atoms with Gasteiger partial charge in [0.1, 0.15) is 0 Å². The van der Waals surface area contributed by atoms with Crippen LogP contribution in [0.25, 0.3) is 0 Å². The standard InChI is InChI=1S/C20H29N5/c1-16-9-11-24(14-19(16)25-12-10-22-15-25)20(21-3)23-13-17(2)18-7-5-4-6-8-18/h4-8,10,12,15-17,19H,9,11,13-14H2,1-3H3,(H,21,23). The van der Waals surface area contributed by atoms with Gasteiger partial charge in [0.25, 0.3) is 0 Å². The minimum Gasteiger partial charge on any atom is -0.356 e. The first kappa shape index (κ1) is 17.5. The van der Waals surface area contributed by atoms with Crippen LogP contribution in [0.4, 0.5) is 0 Å². The van der Waals surface area contributed by atoms with Crippen LogP contribution in [0.1, 0.15) is 37.8 Å². The number of rotatable bonds is 4. The lowest BCUT2D eigenvalue weighted by Gasteiger charge is -2.39. The normalized spacial score (nSPS) is 22.7. The molecule has 3 atom stereocenters. The van der Waals surface area contributed by atoms with E-state index in [0.29, 0.717) is 17.9 Å². The summed E-state index contributed by atoms with van der Waals surface area (Å²) in [5, 5.41) is 3.57. The van der Waals surface area contributed by atoms with Gasteiger partial charge in [0.05, 0.1) is 12.4 Å². The fraction of sp³-hybridized carbons (Fsp3) is 0.500. The molecule has 2 heterocycles. The molecule has 1 N–H and O–H groups in total. The second-order valence-corrected chi connectivity index (χ2v) is 7.03. The predicted molar refractivity (Wildman–Crippen MR) is 103 cm³/mol. The highest BCUT2D eigenvalue weighted by Gasteiger charge is 2.28. The molecule has 0 radical (unpaired) electrons. The fourth-order valence-electron chi connectivity index (χ4n) is 3.57. The lowest BCUT2D eigenvalue weighted by molar-refractivity contribution is 0.189. The average molecular weight is 339 g/mol. The van der Waals surface area contributed by atoms with Gasteiger partial charge in [0, 0.05) is 39.1 Å². The minimum atomic E-state index is 0.446. The van der Waals surface area contributed by atoms with Gasteiger partial charge in [-0.1, -0.05) is 44.2 Å². The summed E-state index contributed by atoms with van der Waals surface area (Å²) in [7, 11) is 1.87. The molecule has 0 spiro atoms. The third kappa shape index (κ3) is 4.21. The summed E-state index contributed by atoms with van der Waals surface area (Å²) in [5.74, 6) is 2.10. The fourth-order valence-corrected chi connectivity index (χ4v) is 3.57. The van der Waals surface area contributed by atoms with E-state index in [1.54, 1.807) is 0 Å². The summed E-state index contributed by atoms with van der Waals surface area (Å²) < 4.78 is 2.23. The van der Waals surface area contributed by atoms with Gasteiger partial charge < -0.3 is 14.8 Å². The molecule has 3 unspecified atom stereocenters. The molecule has 1 saturated heterocycles. The molecule has 3 rings (SSSR count). The Hall–Kier alpha value is -2.30. The predicted octanol–water partition coefficient (Wildman–Crippen LogP) is 3.15. The van der Waals surface area contributed by atoms with Gasteiger partial charge in [-0.2, -0.15) is 0 Å². The number of hydrogen-bond donors (Lipinski definition) is 1.